The van der Waals surface area contributed by atoms with Crippen molar-refractivity contribution in [2.75, 3.05) is 10.6 Å². The van der Waals surface area contributed by atoms with E-state index in [2.05, 4.69) is 26.6 Å². The zero-order valence-electron chi connectivity index (χ0n) is 17.0. The molecule has 3 aromatic carbocycles. The highest BCUT2D eigenvalue weighted by atomic mass is 79.9. The van der Waals surface area contributed by atoms with E-state index in [1.165, 1.54) is 0 Å². The van der Waals surface area contributed by atoms with Crippen LogP contribution in [0.1, 0.15) is 28.4 Å². The summed E-state index contributed by atoms with van der Waals surface area (Å²) in [6.45, 7) is 5.60. The summed E-state index contributed by atoms with van der Waals surface area (Å²) in [5.41, 5.74) is 3.77. The zero-order chi connectivity index (χ0) is 21.7. The van der Waals surface area contributed by atoms with Crippen molar-refractivity contribution >= 4 is 39.1 Å². The quantitative estimate of drug-likeness (QED) is 0.487. The zero-order valence-corrected chi connectivity index (χ0v) is 18.6. The summed E-state index contributed by atoms with van der Waals surface area (Å²) in [5, 5.41) is 5.67. The van der Waals surface area contributed by atoms with E-state index < -0.39 is 6.10 Å². The number of hydrogen-bond donors (Lipinski definition) is 2. The van der Waals surface area contributed by atoms with Crippen molar-refractivity contribution in [3.05, 3.63) is 87.9 Å². The molecule has 0 saturated carbocycles. The van der Waals surface area contributed by atoms with Gasteiger partial charge in [0.15, 0.2) is 6.10 Å². The van der Waals surface area contributed by atoms with Gasteiger partial charge in [0.1, 0.15) is 5.75 Å². The van der Waals surface area contributed by atoms with Crippen LogP contribution in [0.25, 0.3) is 0 Å². The van der Waals surface area contributed by atoms with E-state index in [1.54, 1.807) is 43.3 Å². The lowest BCUT2D eigenvalue weighted by molar-refractivity contribution is -0.122. The SMILES string of the molecule is Cc1cc(Br)cc(C)c1OC(C)C(=O)Nc1ccc(NC(=O)c2ccccc2)cc1. The van der Waals surface area contributed by atoms with Crippen LogP contribution in [0.4, 0.5) is 11.4 Å². The molecule has 5 nitrogen and oxygen atoms in total. The van der Waals surface area contributed by atoms with Gasteiger partial charge in [-0.3, -0.25) is 9.59 Å². The van der Waals surface area contributed by atoms with Crippen LogP contribution in [0.2, 0.25) is 0 Å². The number of carbonyl (C=O) groups excluding carboxylic acids is 2. The normalized spacial score (nSPS) is 11.5. The topological polar surface area (TPSA) is 67.4 Å². The summed E-state index contributed by atoms with van der Waals surface area (Å²) in [4.78, 5) is 24.8. The Morgan fingerprint density at radius 2 is 1.40 bits per heavy atom. The van der Waals surface area contributed by atoms with Crippen molar-refractivity contribution in [1.29, 1.82) is 0 Å². The summed E-state index contributed by atoms with van der Waals surface area (Å²) >= 11 is 3.46. The number of amides is 2. The average molecular weight is 467 g/mol. The van der Waals surface area contributed by atoms with Gasteiger partial charge < -0.3 is 15.4 Å². The molecular formula is C24H23BrN2O3. The van der Waals surface area contributed by atoms with E-state index in [-0.39, 0.29) is 11.8 Å². The molecule has 0 aliphatic rings. The number of halogens is 1. The molecule has 0 aliphatic carbocycles. The minimum atomic E-state index is -0.666. The smallest absolute Gasteiger partial charge is 0.265 e. The number of ether oxygens (including phenoxy) is 1. The molecule has 3 aromatic rings. The Balaban J connectivity index is 1.59. The minimum Gasteiger partial charge on any atom is -0.480 e. The lowest BCUT2D eigenvalue weighted by atomic mass is 10.1. The highest BCUT2D eigenvalue weighted by molar-refractivity contribution is 9.10. The van der Waals surface area contributed by atoms with Crippen molar-refractivity contribution in [3.8, 4) is 5.75 Å². The van der Waals surface area contributed by atoms with Gasteiger partial charge in [0.25, 0.3) is 11.8 Å². The number of nitrogens with one attached hydrogen (secondary N) is 2. The predicted octanol–water partition coefficient (Wildman–Crippen LogP) is 5.72. The van der Waals surface area contributed by atoms with Crippen LogP contribution in [0.15, 0.2) is 71.2 Å². The third-order valence-corrected chi connectivity index (χ3v) is 4.99. The fourth-order valence-corrected chi connectivity index (χ4v) is 3.67. The summed E-state index contributed by atoms with van der Waals surface area (Å²) in [7, 11) is 0. The first-order valence-corrected chi connectivity index (χ1v) is 10.3. The van der Waals surface area contributed by atoms with E-state index >= 15 is 0 Å². The molecule has 0 spiro atoms. The Morgan fingerprint density at radius 3 is 1.97 bits per heavy atom. The van der Waals surface area contributed by atoms with Crippen LogP contribution < -0.4 is 15.4 Å². The highest BCUT2D eigenvalue weighted by Crippen LogP contribution is 2.28. The summed E-state index contributed by atoms with van der Waals surface area (Å²) in [5.74, 6) is 0.271. The van der Waals surface area contributed by atoms with E-state index in [4.69, 9.17) is 4.74 Å². The molecule has 0 saturated heterocycles. The van der Waals surface area contributed by atoms with Gasteiger partial charge in [-0.1, -0.05) is 34.1 Å². The molecule has 2 amide bonds. The van der Waals surface area contributed by atoms with E-state index in [0.29, 0.717) is 22.7 Å². The molecule has 0 heterocycles. The number of rotatable bonds is 6. The molecule has 0 radical (unpaired) electrons. The second kappa shape index (κ2) is 9.59. The second-order valence-corrected chi connectivity index (χ2v) is 7.93. The summed E-state index contributed by atoms with van der Waals surface area (Å²) in [6.07, 6.45) is -0.666. The Labute approximate surface area is 184 Å². The Morgan fingerprint density at radius 1 is 0.867 bits per heavy atom. The van der Waals surface area contributed by atoms with Crippen molar-refractivity contribution < 1.29 is 14.3 Å². The monoisotopic (exact) mass is 466 g/mol. The van der Waals surface area contributed by atoms with E-state index in [1.807, 2.05) is 44.2 Å². The maximum atomic E-state index is 12.5. The van der Waals surface area contributed by atoms with Crippen molar-refractivity contribution in [1.82, 2.24) is 0 Å². The van der Waals surface area contributed by atoms with Crippen LogP contribution in [0.3, 0.4) is 0 Å². The van der Waals surface area contributed by atoms with Gasteiger partial charge in [-0.15, -0.1) is 0 Å². The highest BCUT2D eigenvalue weighted by Gasteiger charge is 2.17. The van der Waals surface area contributed by atoms with Crippen LogP contribution in [0.5, 0.6) is 5.75 Å². The Kier molecular flexibility index (Phi) is 6.90. The third-order valence-electron chi connectivity index (χ3n) is 4.54. The summed E-state index contributed by atoms with van der Waals surface area (Å²) in [6, 6.07) is 19.9. The maximum absolute atomic E-state index is 12.5. The average Bonchev–Trinajstić information content (AvgIpc) is 2.72. The van der Waals surface area contributed by atoms with Crippen LogP contribution in [0, 0.1) is 13.8 Å². The van der Waals surface area contributed by atoms with Gasteiger partial charge in [0.2, 0.25) is 0 Å². The van der Waals surface area contributed by atoms with E-state index in [0.717, 1.165) is 15.6 Å². The molecule has 1 atom stereocenters. The van der Waals surface area contributed by atoms with Crippen LogP contribution in [-0.2, 0) is 4.79 Å². The molecule has 1 unspecified atom stereocenters. The van der Waals surface area contributed by atoms with Crippen molar-refractivity contribution in [2.45, 2.75) is 26.9 Å². The maximum Gasteiger partial charge on any atom is 0.265 e. The molecule has 0 aromatic heterocycles. The molecule has 154 valence electrons. The summed E-state index contributed by atoms with van der Waals surface area (Å²) < 4.78 is 6.87. The largest absolute Gasteiger partial charge is 0.480 e. The molecule has 3 rings (SSSR count). The molecule has 2 N–H and O–H groups in total. The molecule has 0 aliphatic heterocycles. The van der Waals surface area contributed by atoms with Crippen LogP contribution in [-0.4, -0.2) is 17.9 Å². The van der Waals surface area contributed by atoms with Crippen LogP contribution >= 0.6 is 15.9 Å². The third kappa shape index (κ3) is 5.48. The number of anilines is 2. The first-order chi connectivity index (χ1) is 14.3. The first kappa shape index (κ1) is 21.6. The predicted molar refractivity (Wildman–Crippen MR) is 123 cm³/mol. The second-order valence-electron chi connectivity index (χ2n) is 7.02. The molecule has 0 bridgehead atoms. The Bertz CT molecular complexity index is 1030. The fourth-order valence-electron chi connectivity index (χ4n) is 2.99. The minimum absolute atomic E-state index is 0.186. The number of benzene rings is 3. The molecule has 6 heteroatoms. The number of hydrogen-bond acceptors (Lipinski definition) is 3. The molecule has 30 heavy (non-hydrogen) atoms. The lowest BCUT2D eigenvalue weighted by Crippen LogP contribution is -2.30. The van der Waals surface area contributed by atoms with Crippen molar-refractivity contribution in [3.63, 3.8) is 0 Å². The standard InChI is InChI=1S/C24H23BrN2O3/c1-15-13-19(25)14-16(2)22(15)30-17(3)23(28)26-20-9-11-21(12-10-20)27-24(29)18-7-5-4-6-8-18/h4-14,17H,1-3H3,(H,26,28)(H,27,29). The van der Waals surface area contributed by atoms with Gasteiger partial charge in [-0.2, -0.15) is 0 Å². The van der Waals surface area contributed by atoms with Gasteiger partial charge >= 0.3 is 0 Å². The molecular weight excluding hydrogens is 444 g/mol. The first-order valence-electron chi connectivity index (χ1n) is 9.54. The van der Waals surface area contributed by atoms with Crippen molar-refractivity contribution in [2.24, 2.45) is 0 Å². The van der Waals surface area contributed by atoms with Gasteiger partial charge in [-0.25, -0.2) is 0 Å². The fraction of sp³-hybridized carbons (Fsp3) is 0.167. The van der Waals surface area contributed by atoms with Gasteiger partial charge in [-0.05, 0) is 80.4 Å². The Hall–Kier alpha value is -3.12. The van der Waals surface area contributed by atoms with Gasteiger partial charge in [0.05, 0.1) is 0 Å². The number of carbonyl (C=O) groups is 2. The lowest BCUT2D eigenvalue weighted by Gasteiger charge is -2.18. The van der Waals surface area contributed by atoms with Gasteiger partial charge in [0, 0.05) is 21.4 Å². The number of aryl methyl sites for hydroxylation is 2. The van der Waals surface area contributed by atoms with E-state index in [9.17, 15) is 9.59 Å². The molecule has 0 fully saturated rings.